The number of aryl methyl sites for hydroxylation is 2. The van der Waals surface area contributed by atoms with E-state index in [4.69, 9.17) is 0 Å². The lowest BCUT2D eigenvalue weighted by atomic mass is 9.92. The van der Waals surface area contributed by atoms with Crippen LogP contribution < -0.4 is 0 Å². The van der Waals surface area contributed by atoms with Crippen molar-refractivity contribution < 1.29 is 0 Å². The summed E-state index contributed by atoms with van der Waals surface area (Å²) in [5.41, 5.74) is 4.24. The number of fused-ring (bicyclic) bond motifs is 2. The monoisotopic (exact) mass is 211 g/mol. The predicted molar refractivity (Wildman–Crippen MR) is 67.6 cm³/mol. The Balaban J connectivity index is 2.12. The topological polar surface area (TPSA) is 12.9 Å². The highest BCUT2D eigenvalue weighted by molar-refractivity contribution is 5.80. The molecule has 0 radical (unpaired) electrons. The summed E-state index contributed by atoms with van der Waals surface area (Å²) >= 11 is 0. The molecular weight excluding hydrogens is 194 g/mol. The van der Waals surface area contributed by atoms with Gasteiger partial charge in [0.05, 0.1) is 5.52 Å². The highest BCUT2D eigenvalue weighted by Gasteiger charge is 2.08. The van der Waals surface area contributed by atoms with Crippen molar-refractivity contribution in [1.29, 1.82) is 0 Å². The van der Waals surface area contributed by atoms with Gasteiger partial charge in [-0.2, -0.15) is 0 Å². The van der Waals surface area contributed by atoms with E-state index in [0.717, 1.165) is 5.52 Å². The SMILES string of the molecule is c1cnc2cc3c(cc2c1)CCCCCC3. The molecule has 1 aromatic carbocycles. The first-order chi connectivity index (χ1) is 7.93. The van der Waals surface area contributed by atoms with Gasteiger partial charge in [-0.3, -0.25) is 4.98 Å². The van der Waals surface area contributed by atoms with Crippen LogP contribution in [0, 0.1) is 0 Å². The van der Waals surface area contributed by atoms with Crippen LogP contribution in [-0.2, 0) is 12.8 Å². The molecule has 2 aromatic rings. The summed E-state index contributed by atoms with van der Waals surface area (Å²) in [6.07, 6.45) is 9.84. The fourth-order valence-electron chi connectivity index (χ4n) is 2.66. The van der Waals surface area contributed by atoms with E-state index >= 15 is 0 Å². The molecule has 0 atom stereocenters. The number of aromatic nitrogens is 1. The van der Waals surface area contributed by atoms with Crippen LogP contribution in [0.1, 0.15) is 36.8 Å². The van der Waals surface area contributed by atoms with Crippen molar-refractivity contribution in [2.24, 2.45) is 0 Å². The van der Waals surface area contributed by atoms with Gasteiger partial charge in [0.2, 0.25) is 0 Å². The van der Waals surface area contributed by atoms with Gasteiger partial charge in [-0.1, -0.05) is 18.9 Å². The van der Waals surface area contributed by atoms with Crippen molar-refractivity contribution in [2.45, 2.75) is 38.5 Å². The van der Waals surface area contributed by atoms with E-state index in [0.29, 0.717) is 0 Å². The maximum atomic E-state index is 4.44. The summed E-state index contributed by atoms with van der Waals surface area (Å²) in [7, 11) is 0. The molecule has 82 valence electrons. The molecule has 0 bridgehead atoms. The molecule has 1 heteroatoms. The number of benzene rings is 1. The molecule has 0 fully saturated rings. The van der Waals surface area contributed by atoms with Gasteiger partial charge in [-0.25, -0.2) is 0 Å². The normalized spacial score (nSPS) is 16.5. The van der Waals surface area contributed by atoms with Crippen LogP contribution in [0.3, 0.4) is 0 Å². The Morgan fingerprint density at radius 3 is 2.44 bits per heavy atom. The third kappa shape index (κ3) is 1.82. The third-order valence-corrected chi connectivity index (χ3v) is 3.57. The Kier molecular flexibility index (Phi) is 2.61. The zero-order chi connectivity index (χ0) is 10.8. The molecule has 16 heavy (non-hydrogen) atoms. The van der Waals surface area contributed by atoms with Crippen LogP contribution in [0.5, 0.6) is 0 Å². The minimum atomic E-state index is 1.15. The minimum absolute atomic E-state index is 1.15. The van der Waals surface area contributed by atoms with Crippen molar-refractivity contribution in [1.82, 2.24) is 4.98 Å². The molecule has 0 aliphatic heterocycles. The molecule has 0 unspecified atom stereocenters. The number of hydrogen-bond acceptors (Lipinski definition) is 1. The van der Waals surface area contributed by atoms with Crippen LogP contribution in [0.2, 0.25) is 0 Å². The zero-order valence-electron chi connectivity index (χ0n) is 9.58. The first-order valence-electron chi connectivity index (χ1n) is 6.30. The van der Waals surface area contributed by atoms with E-state index < -0.39 is 0 Å². The predicted octanol–water partition coefficient (Wildman–Crippen LogP) is 3.89. The van der Waals surface area contributed by atoms with Gasteiger partial charge < -0.3 is 0 Å². The summed E-state index contributed by atoms with van der Waals surface area (Å²) < 4.78 is 0. The fraction of sp³-hybridized carbons (Fsp3) is 0.400. The van der Waals surface area contributed by atoms with Crippen LogP contribution in [0.25, 0.3) is 10.9 Å². The summed E-state index contributed by atoms with van der Waals surface area (Å²) in [6.45, 7) is 0. The summed E-state index contributed by atoms with van der Waals surface area (Å²) in [6, 6.07) is 8.85. The van der Waals surface area contributed by atoms with Gasteiger partial charge in [-0.15, -0.1) is 0 Å². The van der Waals surface area contributed by atoms with Crippen LogP contribution in [0.4, 0.5) is 0 Å². The average Bonchev–Trinajstić information content (AvgIpc) is 2.29. The second-order valence-corrected chi connectivity index (χ2v) is 4.73. The number of nitrogens with zero attached hydrogens (tertiary/aromatic N) is 1. The molecule has 0 amide bonds. The number of hydrogen-bond donors (Lipinski definition) is 0. The average molecular weight is 211 g/mol. The molecule has 1 aliphatic carbocycles. The third-order valence-electron chi connectivity index (χ3n) is 3.57. The van der Waals surface area contributed by atoms with Crippen molar-refractivity contribution in [3.05, 3.63) is 41.6 Å². The Labute approximate surface area is 96.5 Å². The van der Waals surface area contributed by atoms with E-state index in [1.54, 1.807) is 5.56 Å². The maximum Gasteiger partial charge on any atom is 0.0704 e. The van der Waals surface area contributed by atoms with Gasteiger partial charge in [-0.05, 0) is 55.0 Å². The molecule has 0 saturated heterocycles. The first kappa shape index (κ1) is 9.83. The Morgan fingerprint density at radius 1 is 0.875 bits per heavy atom. The standard InChI is InChI=1S/C15H17N/c1-2-4-7-13-11-15-14(8-5-9-16-15)10-12(13)6-3-1/h5,8-11H,1-4,6-7H2. The van der Waals surface area contributed by atoms with Crippen molar-refractivity contribution in [3.8, 4) is 0 Å². The molecule has 0 saturated carbocycles. The second kappa shape index (κ2) is 4.25. The lowest BCUT2D eigenvalue weighted by Crippen LogP contribution is -2.00. The van der Waals surface area contributed by atoms with Crippen LogP contribution >= 0.6 is 0 Å². The van der Waals surface area contributed by atoms with Crippen molar-refractivity contribution in [2.75, 3.05) is 0 Å². The van der Waals surface area contributed by atoms with Crippen molar-refractivity contribution >= 4 is 10.9 Å². The van der Waals surface area contributed by atoms with Crippen LogP contribution in [-0.4, -0.2) is 4.98 Å². The van der Waals surface area contributed by atoms with Gasteiger partial charge in [0.25, 0.3) is 0 Å². The highest BCUT2D eigenvalue weighted by Crippen LogP contribution is 2.24. The van der Waals surface area contributed by atoms with Crippen LogP contribution in [0.15, 0.2) is 30.5 Å². The second-order valence-electron chi connectivity index (χ2n) is 4.73. The molecule has 3 rings (SSSR count). The highest BCUT2D eigenvalue weighted by atomic mass is 14.6. The van der Waals surface area contributed by atoms with E-state index in [1.165, 1.54) is 49.5 Å². The Hall–Kier alpha value is -1.37. The molecule has 0 spiro atoms. The molecule has 0 N–H and O–H groups in total. The fourth-order valence-corrected chi connectivity index (χ4v) is 2.66. The van der Waals surface area contributed by atoms with Gasteiger partial charge in [0.15, 0.2) is 0 Å². The Bertz CT molecular complexity index is 455. The minimum Gasteiger partial charge on any atom is -0.256 e. The van der Waals surface area contributed by atoms with E-state index in [1.807, 2.05) is 12.3 Å². The van der Waals surface area contributed by atoms with E-state index in [2.05, 4.69) is 23.2 Å². The lowest BCUT2D eigenvalue weighted by molar-refractivity contribution is 0.617. The smallest absolute Gasteiger partial charge is 0.0704 e. The van der Waals surface area contributed by atoms with E-state index in [-0.39, 0.29) is 0 Å². The molecule has 1 aliphatic rings. The van der Waals surface area contributed by atoms with Gasteiger partial charge >= 0.3 is 0 Å². The molecule has 1 aromatic heterocycles. The number of pyridine rings is 1. The van der Waals surface area contributed by atoms with Gasteiger partial charge in [0, 0.05) is 11.6 Å². The summed E-state index contributed by atoms with van der Waals surface area (Å²) in [5, 5.41) is 1.29. The lowest BCUT2D eigenvalue weighted by Gasteiger charge is -2.14. The summed E-state index contributed by atoms with van der Waals surface area (Å²) in [4.78, 5) is 4.44. The molecule has 1 heterocycles. The quantitative estimate of drug-likeness (QED) is 0.644. The first-order valence-corrected chi connectivity index (χ1v) is 6.30. The van der Waals surface area contributed by atoms with Gasteiger partial charge in [0.1, 0.15) is 0 Å². The van der Waals surface area contributed by atoms with E-state index in [9.17, 15) is 0 Å². The Morgan fingerprint density at radius 2 is 1.62 bits per heavy atom. The number of rotatable bonds is 0. The van der Waals surface area contributed by atoms with Crippen molar-refractivity contribution in [3.63, 3.8) is 0 Å². The zero-order valence-corrected chi connectivity index (χ0v) is 9.58. The molecule has 1 nitrogen and oxygen atoms in total. The molecular formula is C15H17N. The summed E-state index contributed by atoms with van der Waals surface area (Å²) in [5.74, 6) is 0. The largest absolute Gasteiger partial charge is 0.256 e. The maximum absolute atomic E-state index is 4.44.